The molecular formula is C13H20N6O3. The van der Waals surface area contributed by atoms with Crippen molar-refractivity contribution in [2.75, 3.05) is 27.7 Å². The van der Waals surface area contributed by atoms with Crippen molar-refractivity contribution in [3.63, 3.8) is 0 Å². The predicted octanol–water partition coefficient (Wildman–Crippen LogP) is -1.03. The zero-order valence-electron chi connectivity index (χ0n) is 12.9. The van der Waals surface area contributed by atoms with Gasteiger partial charge in [0.1, 0.15) is 0 Å². The summed E-state index contributed by atoms with van der Waals surface area (Å²) in [6, 6.07) is 0. The van der Waals surface area contributed by atoms with Crippen LogP contribution in [0.4, 0.5) is 0 Å². The molecule has 0 spiro atoms. The fraction of sp³-hybridized carbons (Fsp3) is 0.769. The van der Waals surface area contributed by atoms with Gasteiger partial charge in [-0.1, -0.05) is 0 Å². The Morgan fingerprint density at radius 1 is 0.864 bits per heavy atom. The molecule has 9 heteroatoms. The first-order valence-corrected chi connectivity index (χ1v) is 6.77. The number of hydrogen-bond acceptors (Lipinski definition) is 9. The van der Waals surface area contributed by atoms with Gasteiger partial charge in [0.25, 0.3) is 0 Å². The van der Waals surface area contributed by atoms with E-state index in [4.69, 9.17) is 0 Å². The van der Waals surface area contributed by atoms with Gasteiger partial charge in [0, 0.05) is 18.4 Å². The van der Waals surface area contributed by atoms with Gasteiger partial charge in [-0.15, -0.1) is 0 Å². The molecule has 3 N–H and O–H groups in total. The summed E-state index contributed by atoms with van der Waals surface area (Å²) in [7, 11) is 5.19. The van der Waals surface area contributed by atoms with E-state index in [9.17, 15) is 14.4 Å². The predicted molar refractivity (Wildman–Crippen MR) is 78.5 cm³/mol. The molecule has 0 aromatic carbocycles. The fourth-order valence-corrected chi connectivity index (χ4v) is 3.17. The highest BCUT2D eigenvalue weighted by atomic mass is 16.1. The largest absolute Gasteiger partial charge is 0.312 e. The Morgan fingerprint density at radius 2 is 1.45 bits per heavy atom. The van der Waals surface area contributed by atoms with Gasteiger partial charge in [0.05, 0.1) is 12.2 Å². The molecule has 9 nitrogen and oxygen atoms in total. The molecule has 0 bridgehead atoms. The van der Waals surface area contributed by atoms with Crippen LogP contribution in [0.3, 0.4) is 0 Å². The molecule has 0 radical (unpaired) electrons. The Hall–Kier alpha value is -1.98. The van der Waals surface area contributed by atoms with Crippen LogP contribution < -0.4 is 16.0 Å². The maximum absolute atomic E-state index is 10.8. The number of nitrogens with zero attached hydrogens (tertiary/aromatic N) is 3. The lowest BCUT2D eigenvalue weighted by Gasteiger charge is -2.51. The maximum atomic E-state index is 10.8. The first-order valence-electron chi connectivity index (χ1n) is 6.77. The van der Waals surface area contributed by atoms with Crippen LogP contribution in [0, 0.1) is 0 Å². The lowest BCUT2D eigenvalue weighted by atomic mass is 9.69. The number of rotatable bonds is 7. The molecule has 0 aliphatic heterocycles. The van der Waals surface area contributed by atoms with Crippen molar-refractivity contribution in [2.45, 2.75) is 36.1 Å². The first kappa shape index (κ1) is 18.1. The van der Waals surface area contributed by atoms with E-state index in [0.717, 1.165) is 0 Å². The van der Waals surface area contributed by atoms with Crippen molar-refractivity contribution in [3.05, 3.63) is 0 Å². The monoisotopic (exact) mass is 308 g/mol. The normalized spacial score (nSPS) is 29.6. The zero-order valence-corrected chi connectivity index (χ0v) is 12.9. The Balaban J connectivity index is 3.44. The Bertz CT molecular complexity index is 524. The van der Waals surface area contributed by atoms with Crippen LogP contribution in [0.5, 0.6) is 0 Å². The average molecular weight is 308 g/mol. The molecule has 1 saturated carbocycles. The van der Waals surface area contributed by atoms with Crippen molar-refractivity contribution in [1.29, 1.82) is 0 Å². The molecule has 1 aliphatic rings. The van der Waals surface area contributed by atoms with Crippen molar-refractivity contribution in [2.24, 2.45) is 15.0 Å². The summed E-state index contributed by atoms with van der Waals surface area (Å²) < 4.78 is 0. The minimum atomic E-state index is -1.32. The third kappa shape index (κ3) is 3.61. The third-order valence-corrected chi connectivity index (χ3v) is 4.29. The van der Waals surface area contributed by atoms with E-state index in [-0.39, 0.29) is 19.4 Å². The average Bonchev–Trinajstić information content (AvgIpc) is 2.53. The van der Waals surface area contributed by atoms with Gasteiger partial charge in [-0.05, 0) is 27.6 Å². The SMILES string of the molecule is CNC1(CN=C=O)CC(N=C=O)(N=C=O)CC(NC)(NC)C1. The van der Waals surface area contributed by atoms with Crippen LogP contribution in [0.15, 0.2) is 15.0 Å². The highest BCUT2D eigenvalue weighted by Gasteiger charge is 2.54. The number of isocyanates is 3. The molecule has 0 saturated heterocycles. The van der Waals surface area contributed by atoms with Crippen molar-refractivity contribution in [3.8, 4) is 0 Å². The van der Waals surface area contributed by atoms with Gasteiger partial charge in [0.15, 0.2) is 5.66 Å². The summed E-state index contributed by atoms with van der Waals surface area (Å²) in [4.78, 5) is 43.3. The number of likely N-dealkylation sites (N-methyl/N-ethyl adjacent to an activating group) is 1. The quantitative estimate of drug-likeness (QED) is 0.314. The molecule has 1 unspecified atom stereocenters. The van der Waals surface area contributed by atoms with E-state index < -0.39 is 16.9 Å². The van der Waals surface area contributed by atoms with Gasteiger partial charge >= 0.3 is 0 Å². The standard InChI is InChI=1S/C13H20N6O3/c1-14-11(7-17-8-20)4-12(15-2,16-3)6-13(5-11,18-9-21)19-10-22/h14-16H,4-7H2,1-3H3. The van der Waals surface area contributed by atoms with Crippen LogP contribution in [0.1, 0.15) is 19.3 Å². The Morgan fingerprint density at radius 3 is 1.86 bits per heavy atom. The van der Waals surface area contributed by atoms with Crippen LogP contribution >= 0.6 is 0 Å². The van der Waals surface area contributed by atoms with Gasteiger partial charge in [-0.3, -0.25) is 0 Å². The van der Waals surface area contributed by atoms with E-state index in [2.05, 4.69) is 30.9 Å². The van der Waals surface area contributed by atoms with Crippen molar-refractivity contribution >= 4 is 18.2 Å². The smallest absolute Gasteiger partial charge is 0.237 e. The topological polar surface area (TPSA) is 124 Å². The van der Waals surface area contributed by atoms with Crippen LogP contribution in [0.25, 0.3) is 0 Å². The molecule has 0 amide bonds. The molecule has 22 heavy (non-hydrogen) atoms. The molecule has 1 rings (SSSR count). The minimum absolute atomic E-state index is 0.114. The zero-order chi connectivity index (χ0) is 16.7. The second-order valence-corrected chi connectivity index (χ2v) is 5.44. The van der Waals surface area contributed by atoms with E-state index in [1.54, 1.807) is 21.1 Å². The van der Waals surface area contributed by atoms with E-state index >= 15 is 0 Å². The van der Waals surface area contributed by atoms with Crippen LogP contribution in [-0.4, -0.2) is 62.8 Å². The number of aliphatic imine (C=N–C) groups is 3. The summed E-state index contributed by atoms with van der Waals surface area (Å²) in [5, 5.41) is 9.38. The fourth-order valence-electron chi connectivity index (χ4n) is 3.17. The second-order valence-electron chi connectivity index (χ2n) is 5.44. The first-order chi connectivity index (χ1) is 10.5. The van der Waals surface area contributed by atoms with Crippen molar-refractivity contribution < 1.29 is 14.4 Å². The molecule has 0 aromatic heterocycles. The van der Waals surface area contributed by atoms with E-state index in [1.807, 2.05) is 0 Å². The lowest BCUT2D eigenvalue weighted by molar-refractivity contribution is 0.0643. The summed E-state index contributed by atoms with van der Waals surface area (Å²) >= 11 is 0. The molecule has 0 heterocycles. The molecule has 1 atom stereocenters. The molecule has 0 aromatic rings. The number of carbonyl (C=O) groups excluding carboxylic acids is 3. The van der Waals surface area contributed by atoms with Gasteiger partial charge in [0.2, 0.25) is 18.2 Å². The molecule has 1 fully saturated rings. The summed E-state index contributed by atoms with van der Waals surface area (Å²) in [6.07, 6.45) is 5.45. The molecule has 120 valence electrons. The summed E-state index contributed by atoms with van der Waals surface area (Å²) in [6.45, 7) is 0.114. The van der Waals surface area contributed by atoms with Crippen LogP contribution in [0.2, 0.25) is 0 Å². The highest BCUT2D eigenvalue weighted by Crippen LogP contribution is 2.42. The highest BCUT2D eigenvalue weighted by molar-refractivity contribution is 5.40. The maximum Gasteiger partial charge on any atom is 0.237 e. The lowest BCUT2D eigenvalue weighted by Crippen LogP contribution is -2.69. The Labute approximate surface area is 128 Å². The number of hydrogen-bond donors (Lipinski definition) is 3. The van der Waals surface area contributed by atoms with Gasteiger partial charge in [-0.25, -0.2) is 19.4 Å². The Kier molecular flexibility index (Phi) is 6.02. The van der Waals surface area contributed by atoms with E-state index in [0.29, 0.717) is 6.42 Å². The van der Waals surface area contributed by atoms with Gasteiger partial charge < -0.3 is 16.0 Å². The number of nitrogens with one attached hydrogen (secondary N) is 3. The molecular weight excluding hydrogens is 288 g/mol. The second kappa shape index (κ2) is 7.33. The summed E-state index contributed by atoms with van der Waals surface area (Å²) in [5.41, 5.74) is -2.70. The van der Waals surface area contributed by atoms with Crippen molar-refractivity contribution in [1.82, 2.24) is 16.0 Å². The third-order valence-electron chi connectivity index (χ3n) is 4.29. The summed E-state index contributed by atoms with van der Waals surface area (Å²) in [5.74, 6) is 0. The van der Waals surface area contributed by atoms with Gasteiger partial charge in [-0.2, -0.15) is 9.98 Å². The van der Waals surface area contributed by atoms with Crippen LogP contribution in [-0.2, 0) is 14.4 Å². The molecule has 1 aliphatic carbocycles. The minimum Gasteiger partial charge on any atom is -0.312 e. The van der Waals surface area contributed by atoms with E-state index in [1.165, 1.54) is 18.2 Å².